The molecule has 0 aliphatic heterocycles. The summed E-state index contributed by atoms with van der Waals surface area (Å²) in [4.78, 5) is 4.45. The summed E-state index contributed by atoms with van der Waals surface area (Å²) in [5.74, 6) is 1.49. The van der Waals surface area contributed by atoms with E-state index >= 15 is 0 Å². The van der Waals surface area contributed by atoms with Crippen LogP contribution in [0.15, 0.2) is 16.7 Å². The third-order valence-corrected chi connectivity index (χ3v) is 4.32. The summed E-state index contributed by atoms with van der Waals surface area (Å²) < 4.78 is 7.22. The molecule has 1 aliphatic rings. The summed E-state index contributed by atoms with van der Waals surface area (Å²) in [6.45, 7) is 7.76. The number of hydrogen-bond acceptors (Lipinski definition) is 3. The van der Waals surface area contributed by atoms with Crippen molar-refractivity contribution in [3.8, 4) is 5.88 Å². The summed E-state index contributed by atoms with van der Waals surface area (Å²) in [7, 11) is 1.94. The lowest BCUT2D eigenvalue weighted by Crippen LogP contribution is -2.34. The molecule has 20 heavy (non-hydrogen) atoms. The van der Waals surface area contributed by atoms with E-state index in [0.29, 0.717) is 11.3 Å². The molecule has 0 radical (unpaired) electrons. The van der Waals surface area contributed by atoms with Crippen molar-refractivity contribution in [2.75, 3.05) is 7.05 Å². The summed E-state index contributed by atoms with van der Waals surface area (Å²) >= 11 is 3.47. The first-order chi connectivity index (χ1) is 9.39. The Bertz CT molecular complexity index is 462. The molecule has 1 fully saturated rings. The van der Waals surface area contributed by atoms with Crippen LogP contribution < -0.4 is 10.1 Å². The molecule has 0 amide bonds. The number of ether oxygens (including phenoxy) is 1. The lowest BCUT2D eigenvalue weighted by molar-refractivity contribution is 0.0525. The zero-order valence-electron chi connectivity index (χ0n) is 12.9. The fraction of sp³-hybridized carbons (Fsp3) is 0.688. The highest BCUT2D eigenvalue weighted by molar-refractivity contribution is 9.10. The van der Waals surface area contributed by atoms with Crippen LogP contribution in [0.4, 0.5) is 0 Å². The van der Waals surface area contributed by atoms with E-state index < -0.39 is 0 Å². The van der Waals surface area contributed by atoms with E-state index in [1.165, 1.54) is 6.42 Å². The van der Waals surface area contributed by atoms with E-state index in [1.54, 1.807) is 0 Å². The maximum Gasteiger partial charge on any atom is 0.218 e. The average molecular weight is 341 g/mol. The topological polar surface area (TPSA) is 34.2 Å². The van der Waals surface area contributed by atoms with E-state index in [0.717, 1.165) is 35.3 Å². The van der Waals surface area contributed by atoms with Crippen molar-refractivity contribution >= 4 is 15.9 Å². The minimum atomic E-state index is 0.276. The molecule has 0 spiro atoms. The third kappa shape index (κ3) is 4.19. The number of pyridine rings is 1. The normalized spacial score (nSPS) is 25.4. The SMILES string of the molecule is CNCc1cc(Br)cnc1OC1CC(C)CC(C)(C)C1. The molecule has 1 aromatic rings. The van der Waals surface area contributed by atoms with Gasteiger partial charge in [-0.1, -0.05) is 20.8 Å². The zero-order chi connectivity index (χ0) is 14.8. The van der Waals surface area contributed by atoms with Gasteiger partial charge in [0.15, 0.2) is 0 Å². The maximum absolute atomic E-state index is 6.23. The summed E-state index contributed by atoms with van der Waals surface area (Å²) in [5.41, 5.74) is 1.47. The fourth-order valence-corrected chi connectivity index (χ4v) is 3.78. The molecule has 3 nitrogen and oxygen atoms in total. The van der Waals surface area contributed by atoms with Gasteiger partial charge in [0.1, 0.15) is 6.10 Å². The Morgan fingerprint density at radius 1 is 1.45 bits per heavy atom. The summed E-state index contributed by atoms with van der Waals surface area (Å²) in [5, 5.41) is 3.17. The first kappa shape index (κ1) is 15.8. The van der Waals surface area contributed by atoms with Crippen molar-refractivity contribution in [2.24, 2.45) is 11.3 Å². The first-order valence-electron chi connectivity index (χ1n) is 7.35. The molecular formula is C16H25BrN2O. The van der Waals surface area contributed by atoms with Gasteiger partial charge in [0, 0.05) is 22.8 Å². The number of aromatic nitrogens is 1. The van der Waals surface area contributed by atoms with Crippen LogP contribution in [0.25, 0.3) is 0 Å². The molecule has 4 heteroatoms. The molecule has 2 rings (SSSR count). The summed E-state index contributed by atoms with van der Waals surface area (Å²) in [6, 6.07) is 2.08. The van der Waals surface area contributed by atoms with Crippen molar-refractivity contribution in [3.63, 3.8) is 0 Å². The predicted octanol–water partition coefficient (Wildman–Crippen LogP) is 4.16. The molecule has 1 aromatic heterocycles. The zero-order valence-corrected chi connectivity index (χ0v) is 14.5. The maximum atomic E-state index is 6.23. The Kier molecular flexibility index (Phi) is 5.08. The van der Waals surface area contributed by atoms with Crippen LogP contribution in [0.5, 0.6) is 5.88 Å². The molecule has 1 aliphatic carbocycles. The minimum absolute atomic E-state index is 0.276. The van der Waals surface area contributed by atoms with Crippen LogP contribution in [-0.2, 0) is 6.54 Å². The smallest absolute Gasteiger partial charge is 0.218 e. The molecule has 0 aromatic carbocycles. The van der Waals surface area contributed by atoms with Gasteiger partial charge in [0.05, 0.1) is 0 Å². The van der Waals surface area contributed by atoms with Crippen LogP contribution in [0.2, 0.25) is 0 Å². The second kappa shape index (κ2) is 6.44. The van der Waals surface area contributed by atoms with Crippen molar-refractivity contribution in [2.45, 2.75) is 52.7 Å². The molecule has 1 saturated carbocycles. The lowest BCUT2D eigenvalue weighted by atomic mass is 9.71. The first-order valence-corrected chi connectivity index (χ1v) is 8.14. The van der Waals surface area contributed by atoms with Crippen LogP contribution in [0.1, 0.15) is 45.6 Å². The monoisotopic (exact) mass is 340 g/mol. The molecule has 2 unspecified atom stereocenters. The van der Waals surface area contributed by atoms with Gasteiger partial charge in [-0.3, -0.25) is 0 Å². The Morgan fingerprint density at radius 3 is 2.85 bits per heavy atom. The highest BCUT2D eigenvalue weighted by atomic mass is 79.9. The van der Waals surface area contributed by atoms with Gasteiger partial charge >= 0.3 is 0 Å². The van der Waals surface area contributed by atoms with Crippen molar-refractivity contribution in [1.29, 1.82) is 0 Å². The van der Waals surface area contributed by atoms with Gasteiger partial charge in [-0.2, -0.15) is 0 Å². The van der Waals surface area contributed by atoms with Crippen molar-refractivity contribution in [3.05, 3.63) is 22.3 Å². The third-order valence-electron chi connectivity index (χ3n) is 3.88. The van der Waals surface area contributed by atoms with E-state index in [1.807, 2.05) is 13.2 Å². The number of nitrogens with zero attached hydrogens (tertiary/aromatic N) is 1. The molecule has 0 saturated heterocycles. The number of halogens is 1. The number of rotatable bonds is 4. The largest absolute Gasteiger partial charge is 0.474 e. The van der Waals surface area contributed by atoms with Crippen LogP contribution in [0.3, 0.4) is 0 Å². The Labute approximate surface area is 130 Å². The van der Waals surface area contributed by atoms with Crippen LogP contribution in [-0.4, -0.2) is 18.1 Å². The highest BCUT2D eigenvalue weighted by Crippen LogP contribution is 2.40. The molecule has 1 N–H and O–H groups in total. The Morgan fingerprint density at radius 2 is 2.20 bits per heavy atom. The average Bonchev–Trinajstić information content (AvgIpc) is 2.30. The molecule has 112 valence electrons. The Hall–Kier alpha value is -0.610. The number of nitrogens with one attached hydrogen (secondary N) is 1. The van der Waals surface area contributed by atoms with Gasteiger partial charge < -0.3 is 10.1 Å². The predicted molar refractivity (Wildman–Crippen MR) is 85.9 cm³/mol. The minimum Gasteiger partial charge on any atom is -0.474 e. The van der Waals surface area contributed by atoms with Crippen molar-refractivity contribution in [1.82, 2.24) is 10.3 Å². The standard InChI is InChI=1S/C16H25BrN2O/c1-11-5-14(8-16(2,3)7-11)20-15-12(9-18-4)6-13(17)10-19-15/h6,10-11,14,18H,5,7-9H2,1-4H3. The molecule has 0 bridgehead atoms. The highest BCUT2D eigenvalue weighted by Gasteiger charge is 2.33. The van der Waals surface area contributed by atoms with Gasteiger partial charge in [-0.15, -0.1) is 0 Å². The van der Waals surface area contributed by atoms with Gasteiger partial charge in [0.25, 0.3) is 0 Å². The second-order valence-electron chi connectivity index (χ2n) is 6.80. The van der Waals surface area contributed by atoms with E-state index in [-0.39, 0.29) is 6.10 Å². The fourth-order valence-electron chi connectivity index (χ4n) is 3.40. The molecular weight excluding hydrogens is 316 g/mol. The van der Waals surface area contributed by atoms with Crippen molar-refractivity contribution < 1.29 is 4.74 Å². The van der Waals surface area contributed by atoms with Gasteiger partial charge in [-0.05, 0) is 59.6 Å². The Balaban J connectivity index is 2.13. The van der Waals surface area contributed by atoms with Gasteiger partial charge in [-0.25, -0.2) is 4.98 Å². The second-order valence-corrected chi connectivity index (χ2v) is 7.72. The van der Waals surface area contributed by atoms with E-state index in [2.05, 4.69) is 53.1 Å². The van der Waals surface area contributed by atoms with E-state index in [9.17, 15) is 0 Å². The lowest BCUT2D eigenvalue weighted by Gasteiger charge is -2.38. The van der Waals surface area contributed by atoms with Crippen LogP contribution in [0, 0.1) is 11.3 Å². The quantitative estimate of drug-likeness (QED) is 0.893. The summed E-state index contributed by atoms with van der Waals surface area (Å²) in [6.07, 6.45) is 5.60. The number of hydrogen-bond donors (Lipinski definition) is 1. The molecule has 2 atom stereocenters. The van der Waals surface area contributed by atoms with Gasteiger partial charge in [0.2, 0.25) is 5.88 Å². The molecule has 1 heterocycles. The van der Waals surface area contributed by atoms with Crippen LogP contribution >= 0.6 is 15.9 Å². The van der Waals surface area contributed by atoms with E-state index in [4.69, 9.17) is 4.74 Å².